The first-order chi connectivity index (χ1) is 7.90. The van der Waals surface area contributed by atoms with Crippen LogP contribution in [0.25, 0.3) is 0 Å². The first-order valence-corrected chi connectivity index (χ1v) is 6.65. The van der Waals surface area contributed by atoms with Gasteiger partial charge in [-0.3, -0.25) is 4.68 Å². The lowest BCUT2D eigenvalue weighted by Crippen LogP contribution is -2.47. The van der Waals surface area contributed by atoms with Gasteiger partial charge in [-0.15, -0.1) is 0 Å². The van der Waals surface area contributed by atoms with Crippen molar-refractivity contribution in [2.24, 2.45) is 0 Å². The summed E-state index contributed by atoms with van der Waals surface area (Å²) in [5.41, 5.74) is 1.63. The Morgan fingerprint density at radius 1 is 1.41 bits per heavy atom. The quantitative estimate of drug-likeness (QED) is 0.785. The summed E-state index contributed by atoms with van der Waals surface area (Å²) >= 11 is 0. The van der Waals surface area contributed by atoms with Gasteiger partial charge >= 0.3 is 0 Å². The first kappa shape index (κ1) is 12.6. The second-order valence-electron chi connectivity index (χ2n) is 6.29. The minimum atomic E-state index is 0.285. The van der Waals surface area contributed by atoms with Gasteiger partial charge in [0.25, 0.3) is 0 Å². The second kappa shape index (κ2) is 4.45. The molecule has 0 spiro atoms. The SMILES string of the molecule is CC(C)c1cnn(C2CCN(C)C(C)(C)C2)c1. The fourth-order valence-electron chi connectivity index (χ4n) is 2.56. The van der Waals surface area contributed by atoms with Crippen LogP contribution in [-0.4, -0.2) is 33.8 Å². The molecule has 1 fully saturated rings. The Balaban J connectivity index is 2.12. The van der Waals surface area contributed by atoms with Gasteiger partial charge in [0.15, 0.2) is 0 Å². The Morgan fingerprint density at radius 3 is 2.65 bits per heavy atom. The Bertz CT molecular complexity index is 379. The molecule has 0 aliphatic carbocycles. The molecule has 1 aromatic rings. The fourth-order valence-corrected chi connectivity index (χ4v) is 2.56. The van der Waals surface area contributed by atoms with E-state index in [0.29, 0.717) is 12.0 Å². The normalized spacial score (nSPS) is 25.4. The van der Waals surface area contributed by atoms with Crippen molar-refractivity contribution in [3.05, 3.63) is 18.0 Å². The molecule has 1 aliphatic heterocycles. The molecule has 0 amide bonds. The summed E-state index contributed by atoms with van der Waals surface area (Å²) in [7, 11) is 2.22. The maximum absolute atomic E-state index is 4.55. The first-order valence-electron chi connectivity index (χ1n) is 6.65. The van der Waals surface area contributed by atoms with Crippen LogP contribution in [0.4, 0.5) is 0 Å². The highest BCUT2D eigenvalue weighted by molar-refractivity contribution is 5.09. The summed E-state index contributed by atoms with van der Waals surface area (Å²) in [6.07, 6.45) is 6.65. The van der Waals surface area contributed by atoms with Crippen LogP contribution in [-0.2, 0) is 0 Å². The molecule has 1 aromatic heterocycles. The third-order valence-electron chi connectivity index (χ3n) is 4.23. The molecule has 1 saturated heterocycles. The number of hydrogen-bond acceptors (Lipinski definition) is 2. The Morgan fingerprint density at radius 2 is 2.12 bits per heavy atom. The van der Waals surface area contributed by atoms with Crippen molar-refractivity contribution < 1.29 is 0 Å². The molecule has 2 rings (SSSR count). The molecule has 3 nitrogen and oxygen atoms in total. The minimum Gasteiger partial charge on any atom is -0.301 e. The van der Waals surface area contributed by atoms with E-state index in [1.165, 1.54) is 18.4 Å². The maximum atomic E-state index is 4.55. The monoisotopic (exact) mass is 235 g/mol. The number of piperidine rings is 1. The summed E-state index contributed by atoms with van der Waals surface area (Å²) in [6.45, 7) is 10.3. The van der Waals surface area contributed by atoms with Gasteiger partial charge in [-0.2, -0.15) is 5.10 Å². The summed E-state index contributed by atoms with van der Waals surface area (Å²) in [5.74, 6) is 0.572. The van der Waals surface area contributed by atoms with Crippen molar-refractivity contribution in [3.8, 4) is 0 Å². The highest BCUT2D eigenvalue weighted by Crippen LogP contribution is 2.33. The van der Waals surface area contributed by atoms with Gasteiger partial charge < -0.3 is 4.90 Å². The molecule has 0 N–H and O–H groups in total. The van der Waals surface area contributed by atoms with Crippen LogP contribution in [0.3, 0.4) is 0 Å². The third kappa shape index (κ3) is 2.54. The van der Waals surface area contributed by atoms with Gasteiger partial charge in [-0.25, -0.2) is 0 Å². The predicted octanol–water partition coefficient (Wildman–Crippen LogP) is 3.05. The minimum absolute atomic E-state index is 0.285. The van der Waals surface area contributed by atoms with Crippen molar-refractivity contribution in [2.75, 3.05) is 13.6 Å². The van der Waals surface area contributed by atoms with Crippen LogP contribution >= 0.6 is 0 Å². The van der Waals surface area contributed by atoms with Crippen LogP contribution in [0.2, 0.25) is 0 Å². The number of nitrogens with zero attached hydrogens (tertiary/aromatic N) is 3. The van der Waals surface area contributed by atoms with E-state index in [-0.39, 0.29) is 5.54 Å². The second-order valence-corrected chi connectivity index (χ2v) is 6.29. The zero-order valence-corrected chi connectivity index (χ0v) is 11.8. The molecule has 0 bridgehead atoms. The van der Waals surface area contributed by atoms with E-state index >= 15 is 0 Å². The van der Waals surface area contributed by atoms with Crippen LogP contribution in [0.5, 0.6) is 0 Å². The van der Waals surface area contributed by atoms with E-state index < -0.39 is 0 Å². The number of hydrogen-bond donors (Lipinski definition) is 0. The largest absolute Gasteiger partial charge is 0.301 e. The lowest BCUT2D eigenvalue weighted by molar-refractivity contribution is 0.0718. The van der Waals surface area contributed by atoms with E-state index in [0.717, 1.165) is 6.54 Å². The average Bonchev–Trinajstić information content (AvgIpc) is 2.71. The molecule has 0 saturated carbocycles. The van der Waals surface area contributed by atoms with Crippen LogP contribution in [0.1, 0.15) is 58.1 Å². The summed E-state index contributed by atoms with van der Waals surface area (Å²) < 4.78 is 2.18. The molecule has 0 aromatic carbocycles. The average molecular weight is 235 g/mol. The maximum Gasteiger partial charge on any atom is 0.0548 e. The lowest BCUT2D eigenvalue weighted by Gasteiger charge is -2.43. The van der Waals surface area contributed by atoms with Crippen LogP contribution < -0.4 is 0 Å². The summed E-state index contributed by atoms with van der Waals surface area (Å²) in [5, 5.41) is 4.55. The van der Waals surface area contributed by atoms with E-state index in [2.05, 4.69) is 55.6 Å². The zero-order valence-electron chi connectivity index (χ0n) is 11.8. The van der Waals surface area contributed by atoms with Crippen molar-refractivity contribution in [1.29, 1.82) is 0 Å². The van der Waals surface area contributed by atoms with Crippen molar-refractivity contribution in [3.63, 3.8) is 0 Å². The molecule has 1 aliphatic rings. The van der Waals surface area contributed by atoms with Gasteiger partial charge in [-0.05, 0) is 45.2 Å². The van der Waals surface area contributed by atoms with E-state index in [1.54, 1.807) is 0 Å². The lowest BCUT2D eigenvalue weighted by atomic mass is 9.87. The molecular weight excluding hydrogens is 210 g/mol. The smallest absolute Gasteiger partial charge is 0.0548 e. The summed E-state index contributed by atoms with van der Waals surface area (Å²) in [6, 6.07) is 0.564. The molecule has 17 heavy (non-hydrogen) atoms. The van der Waals surface area contributed by atoms with E-state index in [9.17, 15) is 0 Å². The Labute approximate surface area is 105 Å². The molecule has 3 heteroatoms. The molecule has 0 radical (unpaired) electrons. The third-order valence-corrected chi connectivity index (χ3v) is 4.23. The standard InChI is InChI=1S/C14H25N3/c1-11(2)12-9-15-17(10-12)13-6-7-16(5)14(3,4)8-13/h9-11,13H,6-8H2,1-5H3. The molecular formula is C14H25N3. The zero-order chi connectivity index (χ0) is 12.6. The van der Waals surface area contributed by atoms with Crippen LogP contribution in [0.15, 0.2) is 12.4 Å². The van der Waals surface area contributed by atoms with Crippen molar-refractivity contribution in [2.45, 2.75) is 58.0 Å². The fraction of sp³-hybridized carbons (Fsp3) is 0.786. The molecule has 1 atom stereocenters. The van der Waals surface area contributed by atoms with E-state index in [4.69, 9.17) is 0 Å². The Kier molecular flexibility index (Phi) is 3.30. The van der Waals surface area contributed by atoms with E-state index in [1.807, 2.05) is 6.20 Å². The Hall–Kier alpha value is -0.830. The van der Waals surface area contributed by atoms with Gasteiger partial charge in [0.05, 0.1) is 12.2 Å². The predicted molar refractivity (Wildman–Crippen MR) is 71.3 cm³/mol. The van der Waals surface area contributed by atoms with Gasteiger partial charge in [0, 0.05) is 18.3 Å². The number of rotatable bonds is 2. The number of aromatic nitrogens is 2. The highest BCUT2D eigenvalue weighted by Gasteiger charge is 2.33. The topological polar surface area (TPSA) is 21.1 Å². The summed E-state index contributed by atoms with van der Waals surface area (Å²) in [4.78, 5) is 2.45. The molecule has 1 unspecified atom stereocenters. The van der Waals surface area contributed by atoms with Gasteiger partial charge in [0.1, 0.15) is 0 Å². The van der Waals surface area contributed by atoms with Gasteiger partial charge in [0.2, 0.25) is 0 Å². The number of likely N-dealkylation sites (tertiary alicyclic amines) is 1. The molecule has 2 heterocycles. The van der Waals surface area contributed by atoms with Crippen molar-refractivity contribution in [1.82, 2.24) is 14.7 Å². The van der Waals surface area contributed by atoms with Crippen molar-refractivity contribution >= 4 is 0 Å². The van der Waals surface area contributed by atoms with Gasteiger partial charge in [-0.1, -0.05) is 13.8 Å². The van der Waals surface area contributed by atoms with Crippen LogP contribution in [0, 0.1) is 0 Å². The highest BCUT2D eigenvalue weighted by atomic mass is 15.3. The molecule has 96 valence electrons.